The molecule has 0 aromatic heterocycles. The Balaban J connectivity index is 2.73. The van der Waals surface area contributed by atoms with Crippen LogP contribution >= 0.6 is 0 Å². The summed E-state index contributed by atoms with van der Waals surface area (Å²) in [7, 11) is 0. The summed E-state index contributed by atoms with van der Waals surface area (Å²) in [6.07, 6.45) is -0.669. The first-order chi connectivity index (χ1) is 10.3. The number of amides is 1. The third-order valence-corrected chi connectivity index (χ3v) is 2.87. The van der Waals surface area contributed by atoms with Crippen LogP contribution in [-0.2, 0) is 4.79 Å². The zero-order chi connectivity index (χ0) is 16.7. The Hall–Kier alpha value is -1.92. The van der Waals surface area contributed by atoms with E-state index in [-0.39, 0.29) is 24.3 Å². The van der Waals surface area contributed by atoms with Gasteiger partial charge in [-0.1, -0.05) is 13.8 Å². The molecular formula is C16H24N2O4. The number of ketones is 1. The normalized spacial score (nSPS) is 12.1. The summed E-state index contributed by atoms with van der Waals surface area (Å²) in [6.45, 7) is 7.30. The van der Waals surface area contributed by atoms with Crippen LogP contribution in [0.4, 0.5) is 5.69 Å². The second-order valence-corrected chi connectivity index (χ2v) is 5.48. The lowest BCUT2D eigenvalue weighted by Crippen LogP contribution is -2.35. The number of hydrogen-bond acceptors (Lipinski definition) is 5. The molecule has 0 aliphatic heterocycles. The van der Waals surface area contributed by atoms with Gasteiger partial charge in [0.15, 0.2) is 5.78 Å². The largest absolute Gasteiger partial charge is 0.490 e. The minimum absolute atomic E-state index is 0.0828. The fraction of sp³-hybridized carbons (Fsp3) is 0.500. The number of anilines is 1. The van der Waals surface area contributed by atoms with Crippen LogP contribution < -0.4 is 15.4 Å². The minimum Gasteiger partial charge on any atom is -0.490 e. The van der Waals surface area contributed by atoms with Gasteiger partial charge in [-0.05, 0) is 25.1 Å². The van der Waals surface area contributed by atoms with Gasteiger partial charge in [0.25, 0.3) is 0 Å². The van der Waals surface area contributed by atoms with Crippen molar-refractivity contribution < 1.29 is 19.4 Å². The quantitative estimate of drug-likeness (QED) is 0.635. The maximum Gasteiger partial charge on any atom is 0.221 e. The standard InChI is InChI=1S/C16H24N2O4/c1-10(2)17-8-14(21)9-22-16-6-5-13(18-12(4)20)7-15(16)11(3)19/h5-7,10,14,17,21H,8-9H2,1-4H3,(H,18,20)/t14-/m1/s1. The van der Waals surface area contributed by atoms with Crippen molar-refractivity contribution in [3.63, 3.8) is 0 Å². The van der Waals surface area contributed by atoms with Crippen molar-refractivity contribution in [3.8, 4) is 5.75 Å². The Morgan fingerprint density at radius 1 is 1.27 bits per heavy atom. The van der Waals surface area contributed by atoms with E-state index in [4.69, 9.17) is 4.74 Å². The van der Waals surface area contributed by atoms with E-state index in [2.05, 4.69) is 10.6 Å². The monoisotopic (exact) mass is 308 g/mol. The number of Topliss-reactive ketones (excluding diaryl/α,β-unsaturated/α-hetero) is 1. The number of benzene rings is 1. The van der Waals surface area contributed by atoms with Crippen LogP contribution in [-0.4, -0.2) is 42.1 Å². The molecule has 0 unspecified atom stereocenters. The molecule has 0 fully saturated rings. The lowest BCUT2D eigenvalue weighted by molar-refractivity contribution is -0.114. The number of ether oxygens (including phenoxy) is 1. The second kappa shape index (κ2) is 8.51. The Morgan fingerprint density at radius 3 is 2.50 bits per heavy atom. The van der Waals surface area contributed by atoms with Crippen LogP contribution in [0.5, 0.6) is 5.75 Å². The minimum atomic E-state index is -0.669. The highest BCUT2D eigenvalue weighted by molar-refractivity contribution is 5.99. The molecule has 6 nitrogen and oxygen atoms in total. The number of carbonyl (C=O) groups is 2. The molecule has 0 heterocycles. The number of hydrogen-bond donors (Lipinski definition) is 3. The topological polar surface area (TPSA) is 87.7 Å². The van der Waals surface area contributed by atoms with Gasteiger partial charge >= 0.3 is 0 Å². The Bertz CT molecular complexity index is 529. The van der Waals surface area contributed by atoms with Crippen LogP contribution in [0.1, 0.15) is 38.1 Å². The summed E-state index contributed by atoms with van der Waals surface area (Å²) >= 11 is 0. The molecule has 0 aliphatic rings. The molecule has 0 radical (unpaired) electrons. The number of rotatable bonds is 8. The van der Waals surface area contributed by atoms with Crippen molar-refractivity contribution in [1.29, 1.82) is 0 Å². The van der Waals surface area contributed by atoms with E-state index in [9.17, 15) is 14.7 Å². The van der Waals surface area contributed by atoms with Crippen molar-refractivity contribution >= 4 is 17.4 Å². The molecule has 22 heavy (non-hydrogen) atoms. The highest BCUT2D eigenvalue weighted by Gasteiger charge is 2.13. The zero-order valence-electron chi connectivity index (χ0n) is 13.5. The Labute approximate surface area is 130 Å². The molecule has 0 saturated heterocycles. The van der Waals surface area contributed by atoms with E-state index in [1.54, 1.807) is 18.2 Å². The van der Waals surface area contributed by atoms with E-state index in [0.717, 1.165) is 0 Å². The van der Waals surface area contributed by atoms with E-state index < -0.39 is 6.10 Å². The van der Waals surface area contributed by atoms with E-state index >= 15 is 0 Å². The van der Waals surface area contributed by atoms with Crippen molar-refractivity contribution in [2.45, 2.75) is 39.8 Å². The molecular weight excluding hydrogens is 284 g/mol. The van der Waals surface area contributed by atoms with E-state index in [1.807, 2.05) is 13.8 Å². The number of nitrogens with one attached hydrogen (secondary N) is 2. The summed E-state index contributed by atoms with van der Waals surface area (Å²) in [6, 6.07) is 5.11. The molecule has 0 aliphatic carbocycles. The van der Waals surface area contributed by atoms with Gasteiger partial charge in [0.05, 0.1) is 5.56 Å². The highest BCUT2D eigenvalue weighted by atomic mass is 16.5. The first kappa shape index (κ1) is 18.1. The first-order valence-corrected chi connectivity index (χ1v) is 7.26. The SMILES string of the molecule is CC(=O)Nc1ccc(OC[C@H](O)CNC(C)C)c(C(C)=O)c1. The van der Waals surface area contributed by atoms with Gasteiger partial charge in [-0.3, -0.25) is 9.59 Å². The lowest BCUT2D eigenvalue weighted by Gasteiger charge is -2.16. The van der Waals surface area contributed by atoms with Gasteiger partial charge in [-0.2, -0.15) is 0 Å². The zero-order valence-corrected chi connectivity index (χ0v) is 13.5. The van der Waals surface area contributed by atoms with Gasteiger partial charge in [-0.25, -0.2) is 0 Å². The maximum absolute atomic E-state index is 11.7. The summed E-state index contributed by atoms with van der Waals surface area (Å²) in [5.41, 5.74) is 0.905. The number of aliphatic hydroxyl groups is 1. The summed E-state index contributed by atoms with van der Waals surface area (Å²) in [5.74, 6) is 0.0144. The third kappa shape index (κ3) is 6.24. The molecule has 6 heteroatoms. The molecule has 122 valence electrons. The Morgan fingerprint density at radius 2 is 1.95 bits per heavy atom. The van der Waals surface area contributed by atoms with Gasteiger partial charge in [-0.15, -0.1) is 0 Å². The van der Waals surface area contributed by atoms with Crippen LogP contribution in [0, 0.1) is 0 Å². The van der Waals surface area contributed by atoms with Crippen molar-refractivity contribution in [1.82, 2.24) is 5.32 Å². The summed E-state index contributed by atoms with van der Waals surface area (Å²) in [5, 5.41) is 15.6. The van der Waals surface area contributed by atoms with Crippen LogP contribution in [0.2, 0.25) is 0 Å². The Kier molecular flexibility index (Phi) is 7.01. The molecule has 0 bridgehead atoms. The molecule has 1 amide bonds. The first-order valence-electron chi connectivity index (χ1n) is 7.26. The highest BCUT2D eigenvalue weighted by Crippen LogP contribution is 2.23. The number of aliphatic hydroxyl groups excluding tert-OH is 1. The van der Waals surface area contributed by atoms with Crippen LogP contribution in [0.25, 0.3) is 0 Å². The maximum atomic E-state index is 11.7. The molecule has 0 spiro atoms. The summed E-state index contributed by atoms with van der Waals surface area (Å²) < 4.78 is 5.53. The van der Waals surface area contributed by atoms with E-state index in [1.165, 1.54) is 13.8 Å². The van der Waals surface area contributed by atoms with Gasteiger partial charge in [0.2, 0.25) is 5.91 Å². The van der Waals surface area contributed by atoms with Crippen LogP contribution in [0.15, 0.2) is 18.2 Å². The smallest absolute Gasteiger partial charge is 0.221 e. The third-order valence-electron chi connectivity index (χ3n) is 2.87. The predicted octanol–water partition coefficient (Wildman–Crippen LogP) is 1.59. The lowest BCUT2D eigenvalue weighted by atomic mass is 10.1. The predicted molar refractivity (Wildman–Crippen MR) is 85.4 cm³/mol. The molecule has 1 aromatic carbocycles. The summed E-state index contributed by atoms with van der Waals surface area (Å²) in [4.78, 5) is 22.8. The molecule has 1 rings (SSSR count). The van der Waals surface area contributed by atoms with Gasteiger partial charge in [0.1, 0.15) is 18.5 Å². The average molecular weight is 308 g/mol. The molecule has 0 saturated carbocycles. The number of carbonyl (C=O) groups excluding carboxylic acids is 2. The molecule has 1 aromatic rings. The molecule has 3 N–H and O–H groups in total. The van der Waals surface area contributed by atoms with Crippen LogP contribution in [0.3, 0.4) is 0 Å². The average Bonchev–Trinajstić information content (AvgIpc) is 2.42. The van der Waals surface area contributed by atoms with E-state index in [0.29, 0.717) is 23.5 Å². The van der Waals surface area contributed by atoms with Gasteiger partial charge < -0.3 is 20.5 Å². The fourth-order valence-electron chi connectivity index (χ4n) is 1.83. The molecule has 1 atom stereocenters. The van der Waals surface area contributed by atoms with Crippen molar-refractivity contribution in [2.24, 2.45) is 0 Å². The van der Waals surface area contributed by atoms with Crippen molar-refractivity contribution in [2.75, 3.05) is 18.5 Å². The van der Waals surface area contributed by atoms with Gasteiger partial charge in [0, 0.05) is 25.2 Å². The van der Waals surface area contributed by atoms with Crippen molar-refractivity contribution in [3.05, 3.63) is 23.8 Å². The fourth-order valence-corrected chi connectivity index (χ4v) is 1.83. The second-order valence-electron chi connectivity index (χ2n) is 5.48.